The first-order valence-electron chi connectivity index (χ1n) is 7.27. The van der Waals surface area contributed by atoms with Gasteiger partial charge < -0.3 is 10.0 Å². The molecule has 0 saturated carbocycles. The maximum atomic E-state index is 12.8. The molecule has 0 bridgehead atoms. The van der Waals surface area contributed by atoms with Crippen molar-refractivity contribution in [1.82, 2.24) is 14.7 Å². The molecule has 1 N–H and O–H groups in total. The molecule has 0 unspecified atom stereocenters. The zero-order valence-corrected chi connectivity index (χ0v) is 12.8. The van der Waals surface area contributed by atoms with Crippen LogP contribution < -0.4 is 0 Å². The molecule has 5 heteroatoms. The summed E-state index contributed by atoms with van der Waals surface area (Å²) in [4.78, 5) is 14.4. The van der Waals surface area contributed by atoms with Crippen molar-refractivity contribution in [2.45, 2.75) is 6.54 Å². The summed E-state index contributed by atoms with van der Waals surface area (Å²) >= 11 is 0. The number of rotatable bonds is 4. The molecule has 0 aliphatic carbocycles. The lowest BCUT2D eigenvalue weighted by atomic mass is 10.1. The van der Waals surface area contributed by atoms with Crippen LogP contribution in [0.2, 0.25) is 0 Å². The molecule has 3 aromatic rings. The molecule has 116 valence electrons. The van der Waals surface area contributed by atoms with Crippen LogP contribution in [0.3, 0.4) is 0 Å². The second-order valence-corrected chi connectivity index (χ2v) is 5.30. The van der Waals surface area contributed by atoms with E-state index in [1.165, 1.54) is 0 Å². The molecule has 2 aromatic carbocycles. The van der Waals surface area contributed by atoms with Crippen LogP contribution in [0.1, 0.15) is 15.9 Å². The van der Waals surface area contributed by atoms with Crippen molar-refractivity contribution < 1.29 is 9.90 Å². The van der Waals surface area contributed by atoms with Crippen molar-refractivity contribution in [3.63, 3.8) is 0 Å². The Labute approximate surface area is 134 Å². The minimum absolute atomic E-state index is 0.0795. The summed E-state index contributed by atoms with van der Waals surface area (Å²) in [6.07, 6.45) is 3.49. The van der Waals surface area contributed by atoms with Gasteiger partial charge in [-0.05, 0) is 35.9 Å². The van der Waals surface area contributed by atoms with E-state index in [0.717, 1.165) is 11.3 Å². The standard InChI is InChI=1S/C18H17N3O2/c1-20(13-14-7-9-15(22)10-8-14)18(23)16-5-2-3-6-17(16)21-12-4-11-19-21/h2-12,22H,13H2,1H3. The Balaban J connectivity index is 1.84. The van der Waals surface area contributed by atoms with Crippen molar-refractivity contribution in [2.75, 3.05) is 7.05 Å². The van der Waals surface area contributed by atoms with Gasteiger partial charge in [0, 0.05) is 26.0 Å². The lowest BCUT2D eigenvalue weighted by molar-refractivity contribution is 0.0785. The van der Waals surface area contributed by atoms with Gasteiger partial charge in [-0.25, -0.2) is 4.68 Å². The predicted octanol–water partition coefficient (Wildman–Crippen LogP) is 2.85. The van der Waals surface area contributed by atoms with E-state index in [1.54, 1.807) is 53.2 Å². The first kappa shape index (κ1) is 14.8. The number of phenolic OH excluding ortho intramolecular Hbond substituents is 1. The topological polar surface area (TPSA) is 58.4 Å². The van der Waals surface area contributed by atoms with Gasteiger partial charge in [-0.2, -0.15) is 5.10 Å². The maximum Gasteiger partial charge on any atom is 0.256 e. The highest BCUT2D eigenvalue weighted by molar-refractivity contribution is 5.97. The average molecular weight is 307 g/mol. The number of amides is 1. The van der Waals surface area contributed by atoms with Gasteiger partial charge >= 0.3 is 0 Å². The first-order valence-corrected chi connectivity index (χ1v) is 7.27. The van der Waals surface area contributed by atoms with Crippen LogP contribution in [0, 0.1) is 0 Å². The Morgan fingerprint density at radius 3 is 2.57 bits per heavy atom. The summed E-state index contributed by atoms with van der Waals surface area (Å²) in [5, 5.41) is 13.5. The number of benzene rings is 2. The quantitative estimate of drug-likeness (QED) is 0.806. The number of carbonyl (C=O) groups is 1. The smallest absolute Gasteiger partial charge is 0.256 e. The summed E-state index contributed by atoms with van der Waals surface area (Å²) in [6, 6.07) is 16.1. The highest BCUT2D eigenvalue weighted by atomic mass is 16.3. The van der Waals surface area contributed by atoms with Crippen molar-refractivity contribution in [2.24, 2.45) is 0 Å². The molecule has 5 nitrogen and oxygen atoms in total. The van der Waals surface area contributed by atoms with E-state index >= 15 is 0 Å². The summed E-state index contributed by atoms with van der Waals surface area (Å²) < 4.78 is 1.68. The lowest BCUT2D eigenvalue weighted by Gasteiger charge is -2.19. The number of para-hydroxylation sites is 1. The second kappa shape index (κ2) is 6.36. The fourth-order valence-corrected chi connectivity index (χ4v) is 2.42. The Morgan fingerprint density at radius 1 is 1.13 bits per heavy atom. The molecule has 1 aromatic heterocycles. The lowest BCUT2D eigenvalue weighted by Crippen LogP contribution is -2.27. The van der Waals surface area contributed by atoms with E-state index in [4.69, 9.17) is 0 Å². The fourth-order valence-electron chi connectivity index (χ4n) is 2.42. The zero-order chi connectivity index (χ0) is 16.2. The SMILES string of the molecule is CN(Cc1ccc(O)cc1)C(=O)c1ccccc1-n1cccn1. The summed E-state index contributed by atoms with van der Waals surface area (Å²) in [6.45, 7) is 0.465. The Morgan fingerprint density at radius 2 is 1.87 bits per heavy atom. The van der Waals surface area contributed by atoms with Crippen molar-refractivity contribution >= 4 is 5.91 Å². The molecule has 0 aliphatic rings. The molecule has 0 saturated heterocycles. The van der Waals surface area contributed by atoms with E-state index < -0.39 is 0 Å². The third-order valence-electron chi connectivity index (χ3n) is 3.59. The van der Waals surface area contributed by atoms with Crippen molar-refractivity contribution in [1.29, 1.82) is 0 Å². The number of aromatic nitrogens is 2. The molecule has 0 spiro atoms. The van der Waals surface area contributed by atoms with E-state index in [9.17, 15) is 9.90 Å². The highest BCUT2D eigenvalue weighted by Crippen LogP contribution is 2.17. The number of carbonyl (C=O) groups excluding carboxylic acids is 1. The number of nitrogens with zero attached hydrogens (tertiary/aromatic N) is 3. The van der Waals surface area contributed by atoms with Crippen LogP contribution in [-0.4, -0.2) is 32.7 Å². The Bertz CT molecular complexity index is 795. The second-order valence-electron chi connectivity index (χ2n) is 5.30. The molecular formula is C18H17N3O2. The number of phenols is 1. The molecule has 0 radical (unpaired) electrons. The number of hydrogen-bond donors (Lipinski definition) is 1. The van der Waals surface area contributed by atoms with Crippen LogP contribution in [0.15, 0.2) is 67.0 Å². The van der Waals surface area contributed by atoms with Crippen LogP contribution in [0.25, 0.3) is 5.69 Å². The zero-order valence-electron chi connectivity index (χ0n) is 12.8. The Kier molecular flexibility index (Phi) is 4.10. The highest BCUT2D eigenvalue weighted by Gasteiger charge is 2.16. The van der Waals surface area contributed by atoms with Gasteiger partial charge in [-0.3, -0.25) is 4.79 Å². The first-order chi connectivity index (χ1) is 11.1. The normalized spacial score (nSPS) is 10.5. The summed E-state index contributed by atoms with van der Waals surface area (Å²) in [7, 11) is 1.76. The van der Waals surface area contributed by atoms with Gasteiger partial charge in [0.15, 0.2) is 0 Å². The molecule has 1 heterocycles. The molecule has 0 fully saturated rings. The van der Waals surface area contributed by atoms with E-state index in [2.05, 4.69) is 5.10 Å². The van der Waals surface area contributed by atoms with Gasteiger partial charge in [-0.1, -0.05) is 24.3 Å². The number of hydrogen-bond acceptors (Lipinski definition) is 3. The largest absolute Gasteiger partial charge is 0.508 e. The van der Waals surface area contributed by atoms with Crippen molar-refractivity contribution in [3.05, 3.63) is 78.1 Å². The Hall–Kier alpha value is -3.08. The third-order valence-corrected chi connectivity index (χ3v) is 3.59. The number of aromatic hydroxyl groups is 1. The van der Waals surface area contributed by atoms with Crippen LogP contribution in [-0.2, 0) is 6.54 Å². The van der Waals surface area contributed by atoms with E-state index in [1.807, 2.05) is 30.5 Å². The van der Waals surface area contributed by atoms with Gasteiger partial charge in [0.1, 0.15) is 5.75 Å². The summed E-state index contributed by atoms with van der Waals surface area (Å²) in [5.74, 6) is 0.135. The van der Waals surface area contributed by atoms with Crippen LogP contribution in [0.4, 0.5) is 0 Å². The minimum Gasteiger partial charge on any atom is -0.508 e. The molecule has 0 aliphatic heterocycles. The molecular weight excluding hydrogens is 290 g/mol. The van der Waals surface area contributed by atoms with Gasteiger partial charge in [0.2, 0.25) is 0 Å². The molecule has 23 heavy (non-hydrogen) atoms. The molecule has 0 atom stereocenters. The van der Waals surface area contributed by atoms with Crippen molar-refractivity contribution in [3.8, 4) is 11.4 Å². The molecule has 1 amide bonds. The third kappa shape index (κ3) is 3.23. The monoisotopic (exact) mass is 307 g/mol. The maximum absolute atomic E-state index is 12.8. The van der Waals surface area contributed by atoms with Crippen LogP contribution in [0.5, 0.6) is 5.75 Å². The van der Waals surface area contributed by atoms with E-state index in [0.29, 0.717) is 12.1 Å². The van der Waals surface area contributed by atoms with Crippen LogP contribution >= 0.6 is 0 Å². The summed E-state index contributed by atoms with van der Waals surface area (Å²) in [5.41, 5.74) is 2.30. The molecule has 3 rings (SSSR count). The van der Waals surface area contributed by atoms with Gasteiger partial charge in [-0.15, -0.1) is 0 Å². The van der Waals surface area contributed by atoms with Gasteiger partial charge in [0.05, 0.1) is 11.3 Å². The average Bonchev–Trinajstić information content (AvgIpc) is 3.10. The van der Waals surface area contributed by atoms with Gasteiger partial charge in [0.25, 0.3) is 5.91 Å². The fraction of sp³-hybridized carbons (Fsp3) is 0.111. The predicted molar refractivity (Wildman–Crippen MR) is 87.5 cm³/mol. The van der Waals surface area contributed by atoms with E-state index in [-0.39, 0.29) is 11.7 Å². The minimum atomic E-state index is -0.0795.